The Bertz CT molecular complexity index is 425. The molecule has 0 saturated carbocycles. The average molecular weight is 236 g/mol. The number of nitrogens with two attached hydrogens (primary N) is 2. The number of likely N-dealkylation sites (N-methyl/N-ethyl adjacent to an activating group) is 2. The molecule has 6 heteroatoms. The van der Waals surface area contributed by atoms with Gasteiger partial charge in [-0.15, -0.1) is 0 Å². The number of nitrogen functional groups attached to an aromatic ring is 2. The molecule has 0 aromatic heterocycles. The Kier molecular flexibility index (Phi) is 3.92. The van der Waals surface area contributed by atoms with E-state index in [0.29, 0.717) is 16.9 Å². The van der Waals surface area contributed by atoms with E-state index in [4.69, 9.17) is 11.5 Å². The molecule has 6 nitrogen and oxygen atoms in total. The van der Waals surface area contributed by atoms with Crippen LogP contribution in [0.25, 0.3) is 0 Å². The third kappa shape index (κ3) is 3.37. The maximum atomic E-state index is 11.9. The molecule has 0 heterocycles. The summed E-state index contributed by atoms with van der Waals surface area (Å²) in [5, 5.41) is 2.44. The van der Waals surface area contributed by atoms with Crippen molar-refractivity contribution < 1.29 is 9.59 Å². The van der Waals surface area contributed by atoms with E-state index >= 15 is 0 Å². The van der Waals surface area contributed by atoms with Crippen molar-refractivity contribution in [2.45, 2.75) is 0 Å². The third-order valence-electron chi connectivity index (χ3n) is 2.23. The van der Waals surface area contributed by atoms with Gasteiger partial charge in [-0.1, -0.05) is 0 Å². The SMILES string of the molecule is CNC(=O)CN(C)C(=O)c1cc(N)cc(N)c1. The number of nitrogens with zero attached hydrogens (tertiary/aromatic N) is 1. The van der Waals surface area contributed by atoms with E-state index in [1.807, 2.05) is 0 Å². The monoisotopic (exact) mass is 236 g/mol. The zero-order valence-electron chi connectivity index (χ0n) is 9.86. The summed E-state index contributed by atoms with van der Waals surface area (Å²) in [5.41, 5.74) is 12.4. The highest BCUT2D eigenvalue weighted by Gasteiger charge is 2.14. The highest BCUT2D eigenvalue weighted by atomic mass is 16.2. The second-order valence-corrected chi connectivity index (χ2v) is 3.72. The lowest BCUT2D eigenvalue weighted by atomic mass is 10.1. The van der Waals surface area contributed by atoms with Crippen molar-refractivity contribution in [1.82, 2.24) is 10.2 Å². The number of carbonyl (C=O) groups excluding carboxylic acids is 2. The number of hydrogen-bond acceptors (Lipinski definition) is 4. The Hall–Kier alpha value is -2.24. The Labute approximate surface area is 99.6 Å². The predicted octanol–water partition coefficient (Wildman–Crippen LogP) is -0.331. The number of amides is 2. The largest absolute Gasteiger partial charge is 0.399 e. The fourth-order valence-corrected chi connectivity index (χ4v) is 1.39. The van der Waals surface area contributed by atoms with Crippen molar-refractivity contribution in [2.24, 2.45) is 0 Å². The van der Waals surface area contributed by atoms with Crippen LogP contribution in [0.4, 0.5) is 11.4 Å². The fraction of sp³-hybridized carbons (Fsp3) is 0.273. The molecule has 0 aliphatic carbocycles. The van der Waals surface area contributed by atoms with Gasteiger partial charge in [-0.05, 0) is 18.2 Å². The van der Waals surface area contributed by atoms with Gasteiger partial charge in [0.2, 0.25) is 5.91 Å². The van der Waals surface area contributed by atoms with Gasteiger partial charge in [0.25, 0.3) is 5.91 Å². The van der Waals surface area contributed by atoms with Gasteiger partial charge in [0.1, 0.15) is 0 Å². The zero-order chi connectivity index (χ0) is 13.0. The molecule has 0 aliphatic heterocycles. The molecule has 92 valence electrons. The summed E-state index contributed by atoms with van der Waals surface area (Å²) in [5.74, 6) is -0.537. The average Bonchev–Trinajstić information content (AvgIpc) is 2.26. The Morgan fingerprint density at radius 3 is 2.24 bits per heavy atom. The van der Waals surface area contributed by atoms with Crippen molar-refractivity contribution in [1.29, 1.82) is 0 Å². The molecule has 0 aliphatic rings. The van der Waals surface area contributed by atoms with Crippen molar-refractivity contribution in [2.75, 3.05) is 32.1 Å². The Morgan fingerprint density at radius 2 is 1.76 bits per heavy atom. The van der Waals surface area contributed by atoms with E-state index in [1.54, 1.807) is 6.07 Å². The van der Waals surface area contributed by atoms with Crippen molar-refractivity contribution in [3.05, 3.63) is 23.8 Å². The normalized spacial score (nSPS) is 9.76. The molecule has 0 unspecified atom stereocenters. The number of carbonyl (C=O) groups is 2. The van der Waals surface area contributed by atoms with Crippen LogP contribution in [0, 0.1) is 0 Å². The topological polar surface area (TPSA) is 101 Å². The van der Waals surface area contributed by atoms with Crippen molar-refractivity contribution >= 4 is 23.2 Å². The third-order valence-corrected chi connectivity index (χ3v) is 2.23. The second kappa shape index (κ2) is 5.20. The van der Waals surface area contributed by atoms with Crippen LogP contribution in [0.5, 0.6) is 0 Å². The molecular formula is C11H16N4O2. The molecule has 0 fully saturated rings. The van der Waals surface area contributed by atoms with Gasteiger partial charge in [-0.2, -0.15) is 0 Å². The molecule has 17 heavy (non-hydrogen) atoms. The first-order valence-corrected chi connectivity index (χ1v) is 5.06. The number of hydrogen-bond donors (Lipinski definition) is 3. The number of anilines is 2. The summed E-state index contributed by atoms with van der Waals surface area (Å²) >= 11 is 0. The van der Waals surface area contributed by atoms with Gasteiger partial charge in [0.05, 0.1) is 6.54 Å². The van der Waals surface area contributed by atoms with E-state index < -0.39 is 0 Å². The van der Waals surface area contributed by atoms with Crippen LogP contribution in [0.15, 0.2) is 18.2 Å². The number of nitrogens with one attached hydrogen (secondary N) is 1. The van der Waals surface area contributed by atoms with E-state index in [1.165, 1.54) is 31.1 Å². The van der Waals surface area contributed by atoms with Crippen LogP contribution < -0.4 is 16.8 Å². The molecule has 5 N–H and O–H groups in total. The summed E-state index contributed by atoms with van der Waals surface area (Å²) < 4.78 is 0. The number of rotatable bonds is 3. The maximum absolute atomic E-state index is 11.9. The highest BCUT2D eigenvalue weighted by molar-refractivity contribution is 5.97. The van der Waals surface area contributed by atoms with E-state index in [0.717, 1.165) is 0 Å². The Morgan fingerprint density at radius 1 is 1.24 bits per heavy atom. The molecule has 0 spiro atoms. The molecule has 0 radical (unpaired) electrons. The van der Waals surface area contributed by atoms with Crippen LogP contribution in [0.3, 0.4) is 0 Å². The molecule has 1 aromatic rings. The molecule has 2 amide bonds. The van der Waals surface area contributed by atoms with Gasteiger partial charge in [0.15, 0.2) is 0 Å². The highest BCUT2D eigenvalue weighted by Crippen LogP contribution is 2.14. The van der Waals surface area contributed by atoms with Gasteiger partial charge in [-0.25, -0.2) is 0 Å². The minimum Gasteiger partial charge on any atom is -0.399 e. The smallest absolute Gasteiger partial charge is 0.254 e. The quantitative estimate of drug-likeness (QED) is 0.625. The first-order valence-electron chi connectivity index (χ1n) is 5.06. The lowest BCUT2D eigenvalue weighted by Crippen LogP contribution is -2.36. The van der Waals surface area contributed by atoms with Gasteiger partial charge >= 0.3 is 0 Å². The molecule has 0 atom stereocenters. The molecule has 1 rings (SSSR count). The van der Waals surface area contributed by atoms with E-state index in [-0.39, 0.29) is 18.4 Å². The molecule has 0 saturated heterocycles. The lowest BCUT2D eigenvalue weighted by Gasteiger charge is -2.16. The second-order valence-electron chi connectivity index (χ2n) is 3.72. The first kappa shape index (κ1) is 12.8. The summed E-state index contributed by atoms with van der Waals surface area (Å²) in [6.45, 7) is -0.00988. The molecular weight excluding hydrogens is 220 g/mol. The van der Waals surface area contributed by atoms with Crippen LogP contribution >= 0.6 is 0 Å². The summed E-state index contributed by atoms with van der Waals surface area (Å²) in [6, 6.07) is 4.62. The van der Waals surface area contributed by atoms with Gasteiger partial charge < -0.3 is 21.7 Å². The number of benzene rings is 1. The summed E-state index contributed by atoms with van der Waals surface area (Å²) in [6.07, 6.45) is 0. The van der Waals surface area contributed by atoms with Gasteiger partial charge in [0, 0.05) is 31.0 Å². The van der Waals surface area contributed by atoms with Crippen LogP contribution in [0.2, 0.25) is 0 Å². The molecule has 0 bridgehead atoms. The standard InChI is InChI=1S/C11H16N4O2/c1-14-10(16)6-15(2)11(17)7-3-8(12)5-9(13)4-7/h3-5H,6,12-13H2,1-2H3,(H,14,16). The van der Waals surface area contributed by atoms with Crippen LogP contribution in [-0.2, 0) is 4.79 Å². The predicted molar refractivity (Wildman–Crippen MR) is 66.3 cm³/mol. The maximum Gasteiger partial charge on any atom is 0.254 e. The van der Waals surface area contributed by atoms with E-state index in [9.17, 15) is 9.59 Å². The first-order chi connectivity index (χ1) is 7.93. The fourth-order valence-electron chi connectivity index (χ4n) is 1.39. The zero-order valence-corrected chi connectivity index (χ0v) is 9.86. The van der Waals surface area contributed by atoms with Gasteiger partial charge in [-0.3, -0.25) is 9.59 Å². The van der Waals surface area contributed by atoms with Crippen molar-refractivity contribution in [3.8, 4) is 0 Å². The Balaban J connectivity index is 2.85. The minimum absolute atomic E-state index is 0.00988. The molecule has 1 aromatic carbocycles. The summed E-state index contributed by atoms with van der Waals surface area (Å²) in [7, 11) is 3.05. The minimum atomic E-state index is -0.299. The lowest BCUT2D eigenvalue weighted by molar-refractivity contribution is -0.121. The van der Waals surface area contributed by atoms with Crippen LogP contribution in [0.1, 0.15) is 10.4 Å². The van der Waals surface area contributed by atoms with E-state index in [2.05, 4.69) is 5.32 Å². The summed E-state index contributed by atoms with van der Waals surface area (Å²) in [4.78, 5) is 24.4. The van der Waals surface area contributed by atoms with Crippen LogP contribution in [-0.4, -0.2) is 37.4 Å². The van der Waals surface area contributed by atoms with Crippen molar-refractivity contribution in [3.63, 3.8) is 0 Å².